The second-order valence-corrected chi connectivity index (χ2v) is 8.40. The van der Waals surface area contributed by atoms with Crippen LogP contribution in [0.15, 0.2) is 42.6 Å². The summed E-state index contributed by atoms with van der Waals surface area (Å²) in [5, 5.41) is 14.1. The van der Waals surface area contributed by atoms with Crippen LogP contribution in [0.1, 0.15) is 24.0 Å². The molecule has 32 heavy (non-hydrogen) atoms. The highest BCUT2D eigenvalue weighted by atomic mass is 35.5. The Bertz CT molecular complexity index is 1230. The van der Waals surface area contributed by atoms with Crippen molar-refractivity contribution in [3.63, 3.8) is 0 Å². The van der Waals surface area contributed by atoms with Crippen molar-refractivity contribution in [3.05, 3.63) is 58.7 Å². The lowest BCUT2D eigenvalue weighted by atomic mass is 9.94. The number of amides is 1. The van der Waals surface area contributed by atoms with Crippen LogP contribution in [0.25, 0.3) is 10.9 Å². The number of carbonyl (C=O) groups excluding carboxylic acids is 1. The number of fused-ring (bicyclic) bond motifs is 2. The van der Waals surface area contributed by atoms with Crippen molar-refractivity contribution in [2.45, 2.75) is 19.4 Å². The molecule has 2 aliphatic rings. The quantitative estimate of drug-likeness (QED) is 0.648. The van der Waals surface area contributed by atoms with Gasteiger partial charge in [-0.3, -0.25) is 9.78 Å². The Kier molecular flexibility index (Phi) is 5.46. The highest BCUT2D eigenvalue weighted by molar-refractivity contribution is 6.31. The molecule has 1 N–H and O–H groups in total. The van der Waals surface area contributed by atoms with E-state index in [1.54, 1.807) is 12.3 Å². The van der Waals surface area contributed by atoms with Crippen molar-refractivity contribution < 1.29 is 14.3 Å². The summed E-state index contributed by atoms with van der Waals surface area (Å²) < 4.78 is 10.7. The van der Waals surface area contributed by atoms with Crippen LogP contribution < -0.4 is 19.7 Å². The predicted octanol–water partition coefficient (Wildman–Crippen LogP) is 4.02. The van der Waals surface area contributed by atoms with E-state index >= 15 is 0 Å². The number of ether oxygens (including phenoxy) is 2. The number of piperidine rings is 1. The van der Waals surface area contributed by atoms with Gasteiger partial charge in [-0.25, -0.2) is 0 Å². The number of hydrogen-bond acceptors (Lipinski definition) is 6. The zero-order chi connectivity index (χ0) is 22.1. The maximum atomic E-state index is 12.8. The van der Waals surface area contributed by atoms with Crippen molar-refractivity contribution in [2.24, 2.45) is 5.92 Å². The van der Waals surface area contributed by atoms with E-state index in [4.69, 9.17) is 21.1 Å². The molecule has 3 aromatic rings. The second-order valence-electron chi connectivity index (χ2n) is 7.96. The molecule has 2 aliphatic heterocycles. The summed E-state index contributed by atoms with van der Waals surface area (Å²) in [5.41, 5.74) is 3.13. The molecule has 0 bridgehead atoms. The number of carbonyl (C=O) groups is 1. The average molecular weight is 449 g/mol. The van der Waals surface area contributed by atoms with E-state index < -0.39 is 0 Å². The molecule has 8 heteroatoms. The van der Waals surface area contributed by atoms with Gasteiger partial charge < -0.3 is 19.7 Å². The minimum Gasteiger partial charge on any atom is -0.454 e. The number of nitrogens with zero attached hydrogens (tertiary/aromatic N) is 3. The fraction of sp³-hybridized carbons (Fsp3) is 0.292. The number of aromatic nitrogens is 1. The number of anilines is 1. The van der Waals surface area contributed by atoms with Crippen molar-refractivity contribution in [3.8, 4) is 17.6 Å². The normalized spacial score (nSPS) is 15.6. The summed E-state index contributed by atoms with van der Waals surface area (Å²) in [4.78, 5) is 19.3. The lowest BCUT2D eigenvalue weighted by molar-refractivity contribution is -0.125. The van der Waals surface area contributed by atoms with Crippen LogP contribution in [0.3, 0.4) is 0 Å². The SMILES string of the molecule is N#Cc1cnc2ccc(Cl)cc2c1N1CCC(C(=O)NCc2ccc3c(c2)OCO3)CC1. The van der Waals surface area contributed by atoms with Gasteiger partial charge in [0.1, 0.15) is 6.07 Å². The van der Waals surface area contributed by atoms with Gasteiger partial charge in [-0.1, -0.05) is 17.7 Å². The monoisotopic (exact) mass is 448 g/mol. The first kappa shape index (κ1) is 20.4. The summed E-state index contributed by atoms with van der Waals surface area (Å²) in [6.45, 7) is 2.04. The van der Waals surface area contributed by atoms with Gasteiger partial charge in [-0.05, 0) is 48.7 Å². The predicted molar refractivity (Wildman–Crippen MR) is 121 cm³/mol. The summed E-state index contributed by atoms with van der Waals surface area (Å²) >= 11 is 6.21. The van der Waals surface area contributed by atoms with E-state index in [9.17, 15) is 10.1 Å². The van der Waals surface area contributed by atoms with Gasteiger partial charge in [-0.2, -0.15) is 5.26 Å². The molecular formula is C24H21ClN4O3. The minimum atomic E-state index is -0.0671. The molecule has 0 radical (unpaired) electrons. The Labute approximate surface area is 190 Å². The van der Waals surface area contributed by atoms with Crippen LogP contribution in [-0.2, 0) is 11.3 Å². The molecule has 0 unspecified atom stereocenters. The molecule has 0 saturated carbocycles. The van der Waals surface area contributed by atoms with Gasteiger partial charge in [0.15, 0.2) is 11.5 Å². The van der Waals surface area contributed by atoms with Gasteiger partial charge >= 0.3 is 0 Å². The fourth-order valence-corrected chi connectivity index (χ4v) is 4.50. The number of halogens is 1. The zero-order valence-electron chi connectivity index (χ0n) is 17.3. The van der Waals surface area contributed by atoms with E-state index in [2.05, 4.69) is 21.3 Å². The van der Waals surface area contributed by atoms with Crippen molar-refractivity contribution in [1.29, 1.82) is 5.26 Å². The number of nitrogens with one attached hydrogen (secondary N) is 1. The molecule has 1 amide bonds. The van der Waals surface area contributed by atoms with Crippen molar-refractivity contribution >= 4 is 34.1 Å². The van der Waals surface area contributed by atoms with Crippen LogP contribution >= 0.6 is 11.6 Å². The van der Waals surface area contributed by atoms with Crippen LogP contribution in [0, 0.1) is 17.2 Å². The van der Waals surface area contributed by atoms with Gasteiger partial charge in [-0.15, -0.1) is 0 Å². The Balaban J connectivity index is 1.25. The van der Waals surface area contributed by atoms with E-state index in [1.807, 2.05) is 30.3 Å². The highest BCUT2D eigenvalue weighted by Crippen LogP contribution is 2.34. The molecule has 2 aromatic carbocycles. The Morgan fingerprint density at radius 1 is 1.19 bits per heavy atom. The van der Waals surface area contributed by atoms with E-state index in [1.165, 1.54) is 0 Å². The third-order valence-corrected chi connectivity index (χ3v) is 6.24. The smallest absolute Gasteiger partial charge is 0.231 e. The van der Waals surface area contributed by atoms with Gasteiger partial charge in [0.2, 0.25) is 12.7 Å². The maximum Gasteiger partial charge on any atom is 0.231 e. The topological polar surface area (TPSA) is 87.5 Å². The first-order valence-corrected chi connectivity index (χ1v) is 10.9. The van der Waals surface area contributed by atoms with Crippen molar-refractivity contribution in [1.82, 2.24) is 10.3 Å². The summed E-state index contributed by atoms with van der Waals surface area (Å²) in [6, 6.07) is 13.4. The standard InChI is InChI=1S/C24H21ClN4O3/c25-18-2-3-20-19(10-18)23(17(11-26)13-27-20)29-7-5-16(6-8-29)24(30)28-12-15-1-4-21-22(9-15)32-14-31-21/h1-4,9-10,13,16H,5-8,12,14H2,(H,28,30). The molecule has 0 spiro atoms. The molecule has 1 saturated heterocycles. The summed E-state index contributed by atoms with van der Waals surface area (Å²) in [7, 11) is 0. The Hall–Kier alpha value is -3.50. The van der Waals surface area contributed by atoms with Gasteiger partial charge in [0.25, 0.3) is 0 Å². The molecule has 0 aliphatic carbocycles. The molecule has 162 valence electrons. The lowest BCUT2D eigenvalue weighted by Crippen LogP contribution is -2.40. The van der Waals surface area contributed by atoms with Crippen LogP contribution in [0.5, 0.6) is 11.5 Å². The fourth-order valence-electron chi connectivity index (χ4n) is 4.32. The first-order chi connectivity index (χ1) is 15.6. The molecular weight excluding hydrogens is 428 g/mol. The average Bonchev–Trinajstić information content (AvgIpc) is 3.30. The molecule has 1 aromatic heterocycles. The lowest BCUT2D eigenvalue weighted by Gasteiger charge is -2.34. The third kappa shape index (κ3) is 3.90. The number of pyridine rings is 1. The molecule has 1 fully saturated rings. The number of hydrogen-bond donors (Lipinski definition) is 1. The van der Waals surface area contributed by atoms with E-state index in [0.717, 1.165) is 27.9 Å². The Morgan fingerprint density at radius 2 is 2.00 bits per heavy atom. The largest absolute Gasteiger partial charge is 0.454 e. The number of benzene rings is 2. The summed E-state index contributed by atoms with van der Waals surface area (Å²) in [5.74, 6) is 1.42. The minimum absolute atomic E-state index is 0.0467. The Morgan fingerprint density at radius 3 is 2.81 bits per heavy atom. The molecule has 0 atom stereocenters. The van der Waals surface area contributed by atoms with E-state index in [-0.39, 0.29) is 18.6 Å². The van der Waals surface area contributed by atoms with Gasteiger partial charge in [0.05, 0.1) is 16.8 Å². The molecule has 3 heterocycles. The van der Waals surface area contributed by atoms with Crippen LogP contribution in [0.4, 0.5) is 5.69 Å². The van der Waals surface area contributed by atoms with Gasteiger partial charge in [0, 0.05) is 42.2 Å². The zero-order valence-corrected chi connectivity index (χ0v) is 18.1. The second kappa shape index (κ2) is 8.56. The first-order valence-electron chi connectivity index (χ1n) is 10.5. The molecule has 7 nitrogen and oxygen atoms in total. The third-order valence-electron chi connectivity index (χ3n) is 6.01. The highest BCUT2D eigenvalue weighted by Gasteiger charge is 2.27. The maximum absolute atomic E-state index is 12.8. The molecule has 5 rings (SSSR count). The van der Waals surface area contributed by atoms with Crippen LogP contribution in [0.2, 0.25) is 5.02 Å². The van der Waals surface area contributed by atoms with E-state index in [0.29, 0.717) is 48.8 Å². The van der Waals surface area contributed by atoms with Crippen molar-refractivity contribution in [2.75, 3.05) is 24.8 Å². The van der Waals surface area contributed by atoms with Crippen LogP contribution in [-0.4, -0.2) is 30.8 Å². The number of rotatable bonds is 4. The summed E-state index contributed by atoms with van der Waals surface area (Å²) in [6.07, 6.45) is 3.03. The number of nitriles is 1.